The third-order valence-electron chi connectivity index (χ3n) is 6.15. The van der Waals surface area contributed by atoms with Crippen molar-refractivity contribution in [2.45, 2.75) is 95.3 Å². The minimum atomic E-state index is -10.8. The maximum absolute atomic E-state index is 15.1. The quantitative estimate of drug-likeness (QED) is 0.179. The zero-order valence-electron chi connectivity index (χ0n) is 21.8. The Labute approximate surface area is 256 Å². The predicted octanol–water partition coefficient (Wildman–Crippen LogP) is 10.6. The summed E-state index contributed by atoms with van der Waals surface area (Å²) in [6.07, 6.45) is -36.1. The van der Waals surface area contributed by atoms with Crippen molar-refractivity contribution in [3.8, 4) is 0 Å². The van der Waals surface area contributed by atoms with Crippen LogP contribution in [-0.4, -0.2) is 101 Å². The van der Waals surface area contributed by atoms with Gasteiger partial charge in [-0.3, -0.25) is 4.79 Å². The Morgan fingerprint density at radius 2 is 0.327 bits per heavy atom. The number of hydrogen-bond donors (Lipinski definition) is 0. The molecule has 0 radical (unpaired) electrons. The van der Waals surface area contributed by atoms with Gasteiger partial charge in [-0.15, -0.1) is 0 Å². The van der Waals surface area contributed by atoms with Crippen molar-refractivity contribution in [2.75, 3.05) is 0 Å². The Kier molecular flexibility index (Phi) is 11.0. The van der Waals surface area contributed by atoms with Gasteiger partial charge in [-0.25, -0.2) is 8.78 Å². The van der Waals surface area contributed by atoms with Crippen LogP contribution >= 0.6 is 0 Å². The van der Waals surface area contributed by atoms with Crippen molar-refractivity contribution in [3.05, 3.63) is 0 Å². The molecular weight excluding hydrogens is 866 g/mol. The van der Waals surface area contributed by atoms with Crippen molar-refractivity contribution in [1.82, 2.24) is 0 Å². The lowest BCUT2D eigenvalue weighted by Gasteiger charge is -2.49. The van der Waals surface area contributed by atoms with Gasteiger partial charge in [-0.05, 0) is 0 Å². The Morgan fingerprint density at radius 3 is 0.462 bits per heavy atom. The fourth-order valence-corrected chi connectivity index (χ4v) is 3.17. The highest BCUT2D eigenvalue weighted by Crippen LogP contribution is 2.69. The molecule has 2 unspecified atom stereocenters. The number of hydrogen-bond acceptors (Lipinski definition) is 1. The smallest absolute Gasteiger partial charge is 0.291 e. The fraction of sp³-hybridized carbons (Fsp3) is 0.941. The fourth-order valence-electron chi connectivity index (χ4n) is 3.17. The number of carbonyl (C=O) groups excluding carboxylic acids is 1. The minimum absolute atomic E-state index is 8.02. The van der Waals surface area contributed by atoms with Crippen LogP contribution in [0.3, 0.4) is 0 Å². The number of alkyl halides is 34. The van der Waals surface area contributed by atoms with Crippen molar-refractivity contribution in [2.24, 2.45) is 0 Å². The summed E-state index contributed by atoms with van der Waals surface area (Å²) in [5.41, 5.74) is -21.6. The van der Waals surface area contributed by atoms with Crippen LogP contribution in [0.2, 0.25) is 0 Å². The molecule has 0 bridgehead atoms. The summed E-state index contributed by atoms with van der Waals surface area (Å²) in [7, 11) is 0. The molecule has 0 N–H and O–H groups in total. The van der Waals surface area contributed by atoms with E-state index < -0.39 is 101 Å². The monoisotopic (exact) mass is 866 g/mol. The number of ketones is 1. The standard InChI is InChI=1S/C17F34O/c18-2(6(24,25)14(40,41)42,4(20,21)8(28,29)10(32,33)12(36,37)16(46,47)48)1(52)3(19,7(26,27)15(43,44)45)5(22,23)9(30,31)11(34,35)13(38,39)17(49,50)51. The Bertz CT molecular complexity index is 1230. The molecule has 0 aliphatic heterocycles. The highest BCUT2D eigenvalue weighted by atomic mass is 19.5. The molecule has 0 saturated carbocycles. The molecule has 0 saturated heterocycles. The van der Waals surface area contributed by atoms with Crippen molar-refractivity contribution in [1.29, 1.82) is 0 Å². The van der Waals surface area contributed by atoms with Crippen LogP contribution in [0.4, 0.5) is 149 Å². The van der Waals surface area contributed by atoms with E-state index in [1.165, 1.54) is 0 Å². The average molecular weight is 866 g/mol. The van der Waals surface area contributed by atoms with E-state index in [4.69, 9.17) is 0 Å². The second-order valence-electron chi connectivity index (χ2n) is 9.38. The van der Waals surface area contributed by atoms with E-state index in [0.29, 0.717) is 0 Å². The topological polar surface area (TPSA) is 17.1 Å². The molecule has 0 heterocycles. The van der Waals surface area contributed by atoms with E-state index in [9.17, 15) is 145 Å². The molecule has 2 atom stereocenters. The maximum Gasteiger partial charge on any atom is 0.460 e. The normalized spacial score (nSPS) is 19.0. The van der Waals surface area contributed by atoms with E-state index in [1.54, 1.807) is 0 Å². The molecule has 52 heavy (non-hydrogen) atoms. The van der Waals surface area contributed by atoms with Gasteiger partial charge in [-0.1, -0.05) is 0 Å². The molecule has 0 aromatic rings. The highest BCUT2D eigenvalue weighted by molar-refractivity contribution is 5.99. The summed E-state index contributed by atoms with van der Waals surface area (Å²) in [5, 5.41) is 0. The van der Waals surface area contributed by atoms with Crippen molar-refractivity contribution >= 4 is 5.78 Å². The lowest BCUT2D eigenvalue weighted by molar-refractivity contribution is -0.455. The summed E-state index contributed by atoms with van der Waals surface area (Å²) >= 11 is 0. The molecule has 0 aromatic carbocycles. The second-order valence-corrected chi connectivity index (χ2v) is 9.38. The first-order valence-corrected chi connectivity index (χ1v) is 10.6. The van der Waals surface area contributed by atoms with Gasteiger partial charge in [0.2, 0.25) is 5.78 Å². The molecule has 0 fully saturated rings. The summed E-state index contributed by atoms with van der Waals surface area (Å²) in [6, 6.07) is 0. The van der Waals surface area contributed by atoms with E-state index in [-0.39, 0.29) is 0 Å². The summed E-state index contributed by atoms with van der Waals surface area (Å²) in [5.74, 6) is -108. The van der Waals surface area contributed by atoms with Gasteiger partial charge >= 0.3 is 95.3 Å². The maximum atomic E-state index is 15.1. The summed E-state index contributed by atoms with van der Waals surface area (Å²) in [6.45, 7) is 0. The Balaban J connectivity index is 9.18. The van der Waals surface area contributed by atoms with Crippen LogP contribution in [0.15, 0.2) is 0 Å². The molecule has 0 amide bonds. The molecule has 35 heteroatoms. The van der Waals surface area contributed by atoms with Gasteiger partial charge < -0.3 is 0 Å². The van der Waals surface area contributed by atoms with Crippen LogP contribution in [0, 0.1) is 0 Å². The van der Waals surface area contributed by atoms with Crippen LogP contribution in [0.25, 0.3) is 0 Å². The van der Waals surface area contributed by atoms with Gasteiger partial charge in [-0.2, -0.15) is 140 Å². The lowest BCUT2D eigenvalue weighted by atomic mass is 9.69. The molecule has 1 nitrogen and oxygen atoms in total. The molecule has 0 rings (SSSR count). The number of halogens is 34. The number of rotatable bonds is 12. The van der Waals surface area contributed by atoms with Crippen molar-refractivity contribution in [3.63, 3.8) is 0 Å². The zero-order valence-corrected chi connectivity index (χ0v) is 21.8. The Hall–Kier alpha value is -2.71. The number of Topliss-reactive ketones (excluding diaryl/α,β-unsaturated/α-hetero) is 1. The predicted molar refractivity (Wildman–Crippen MR) is 86.4 cm³/mol. The average Bonchev–Trinajstić information content (AvgIpc) is 2.87. The second kappa shape index (κ2) is 11.6. The molecule has 0 aromatic heterocycles. The third-order valence-corrected chi connectivity index (χ3v) is 6.15. The number of carbonyl (C=O) groups is 1. The summed E-state index contributed by atoms with van der Waals surface area (Å²) in [4.78, 5) is 11.8. The SMILES string of the molecule is O=C(C(F)(C(F)(F)C(F)(F)F)C(F)(F)C(F)(F)C(F)(F)C(F)(F)C(F)(F)F)C(F)(C(F)(F)C(F)(F)F)C(F)(F)C(F)(F)C(F)(F)C(F)(F)C(F)(F)F. The largest absolute Gasteiger partial charge is 0.460 e. The summed E-state index contributed by atoms with van der Waals surface area (Å²) < 4.78 is 455. The molecule has 0 aliphatic carbocycles. The van der Waals surface area contributed by atoms with Crippen LogP contribution < -0.4 is 0 Å². The van der Waals surface area contributed by atoms with Crippen LogP contribution in [-0.2, 0) is 4.79 Å². The molecule has 0 spiro atoms. The zero-order chi connectivity index (χ0) is 43.6. The van der Waals surface area contributed by atoms with E-state index in [2.05, 4.69) is 0 Å². The van der Waals surface area contributed by atoms with E-state index in [1.807, 2.05) is 0 Å². The van der Waals surface area contributed by atoms with Gasteiger partial charge in [0.05, 0.1) is 0 Å². The van der Waals surface area contributed by atoms with Gasteiger partial charge in [0.15, 0.2) is 0 Å². The lowest BCUT2D eigenvalue weighted by Crippen LogP contribution is -2.84. The first kappa shape index (κ1) is 49.3. The van der Waals surface area contributed by atoms with E-state index >= 15 is 8.78 Å². The third kappa shape index (κ3) is 5.54. The van der Waals surface area contributed by atoms with Crippen molar-refractivity contribution < 1.29 is 154 Å². The molecule has 312 valence electrons. The van der Waals surface area contributed by atoms with Crippen LogP contribution in [0.5, 0.6) is 0 Å². The van der Waals surface area contributed by atoms with Crippen LogP contribution in [0.1, 0.15) is 0 Å². The molecular formula is C17F34O. The van der Waals surface area contributed by atoms with Gasteiger partial charge in [0, 0.05) is 0 Å². The minimum Gasteiger partial charge on any atom is -0.291 e. The van der Waals surface area contributed by atoms with E-state index in [0.717, 1.165) is 0 Å². The first-order valence-electron chi connectivity index (χ1n) is 10.6. The molecule has 0 aliphatic rings. The first-order chi connectivity index (χ1) is 21.7. The van der Waals surface area contributed by atoms with Gasteiger partial charge in [0.1, 0.15) is 0 Å². The highest BCUT2D eigenvalue weighted by Gasteiger charge is 3.03. The Morgan fingerprint density at radius 1 is 0.192 bits per heavy atom. The van der Waals surface area contributed by atoms with Gasteiger partial charge in [0.25, 0.3) is 0 Å².